The van der Waals surface area contributed by atoms with Crippen molar-refractivity contribution in [2.75, 3.05) is 32.5 Å². The average molecular weight is 503 g/mol. The van der Waals surface area contributed by atoms with Crippen LogP contribution in [0.1, 0.15) is 37.4 Å². The van der Waals surface area contributed by atoms with Crippen LogP contribution in [-0.4, -0.2) is 53.5 Å². The van der Waals surface area contributed by atoms with Crippen LogP contribution in [0.25, 0.3) is 10.9 Å². The van der Waals surface area contributed by atoms with E-state index in [0.29, 0.717) is 24.2 Å². The number of carbonyl (C=O) groups is 1. The number of thiophene rings is 1. The molecule has 1 saturated heterocycles. The van der Waals surface area contributed by atoms with Gasteiger partial charge in [-0.25, -0.2) is 4.39 Å². The van der Waals surface area contributed by atoms with Crippen LogP contribution in [0.5, 0.6) is 5.75 Å². The van der Waals surface area contributed by atoms with Crippen LogP contribution in [0.3, 0.4) is 0 Å². The Kier molecular flexibility index (Phi) is 8.80. The van der Waals surface area contributed by atoms with E-state index in [2.05, 4.69) is 26.7 Å². The molecule has 0 unspecified atom stereocenters. The van der Waals surface area contributed by atoms with Gasteiger partial charge in [0.25, 0.3) is 0 Å². The molecule has 0 radical (unpaired) electrons. The van der Waals surface area contributed by atoms with Gasteiger partial charge in [-0.15, -0.1) is 11.8 Å². The number of fused-ring (bicyclic) bond motifs is 1. The summed E-state index contributed by atoms with van der Waals surface area (Å²) in [6.45, 7) is 2.66. The zero-order chi connectivity index (χ0) is 23.9. The Balaban J connectivity index is 1.35. The lowest BCUT2D eigenvalue weighted by Crippen LogP contribution is -2.42. The predicted molar refractivity (Wildman–Crippen MR) is 137 cm³/mol. The molecule has 1 aliphatic heterocycles. The van der Waals surface area contributed by atoms with Crippen molar-refractivity contribution in [3.05, 3.63) is 52.9 Å². The third kappa shape index (κ3) is 6.49. The van der Waals surface area contributed by atoms with Gasteiger partial charge in [-0.2, -0.15) is 11.3 Å². The van der Waals surface area contributed by atoms with Crippen molar-refractivity contribution in [1.82, 2.24) is 9.88 Å². The fourth-order valence-corrected chi connectivity index (χ4v) is 6.67. The second-order valence-corrected chi connectivity index (χ2v) is 10.8. The molecular formula is C26H31FN2O3S2. The minimum atomic E-state index is -1.12. The van der Waals surface area contributed by atoms with E-state index in [1.54, 1.807) is 30.7 Å². The molecule has 3 aromatic rings. The Morgan fingerprint density at radius 3 is 3.00 bits per heavy atom. The van der Waals surface area contributed by atoms with Crippen molar-refractivity contribution in [1.29, 1.82) is 0 Å². The van der Waals surface area contributed by atoms with Crippen LogP contribution < -0.4 is 4.74 Å². The highest BCUT2D eigenvalue weighted by atomic mass is 32.2. The Labute approximate surface area is 208 Å². The molecule has 2 aromatic heterocycles. The fraction of sp³-hybridized carbons (Fsp3) is 0.462. The molecular weight excluding hydrogens is 471 g/mol. The molecule has 8 heteroatoms. The summed E-state index contributed by atoms with van der Waals surface area (Å²) in [5.41, 5.74) is 1.37. The first-order chi connectivity index (χ1) is 16.5. The number of carboxylic acid groups (broad SMARTS) is 1. The molecule has 5 nitrogen and oxygen atoms in total. The van der Waals surface area contributed by atoms with Crippen molar-refractivity contribution < 1.29 is 19.0 Å². The average Bonchev–Trinajstić information content (AvgIpc) is 3.36. The molecule has 1 N–H and O–H groups in total. The number of alkyl halides is 1. The van der Waals surface area contributed by atoms with Gasteiger partial charge in [0.1, 0.15) is 11.9 Å². The first-order valence-electron chi connectivity index (χ1n) is 11.7. The first-order valence-corrected chi connectivity index (χ1v) is 13.6. The van der Waals surface area contributed by atoms with E-state index in [4.69, 9.17) is 4.74 Å². The molecule has 3 atom stereocenters. The second-order valence-electron chi connectivity index (χ2n) is 8.84. The zero-order valence-electron chi connectivity index (χ0n) is 19.4. The number of pyridine rings is 1. The topological polar surface area (TPSA) is 62.7 Å². The SMILES string of the molecule is COc1ccc2nccc([C@@H](F)CC[C@@H]3CCN(CCSc4ccsc4)C[C@@H]3CC(=O)O)c2c1. The molecule has 34 heavy (non-hydrogen) atoms. The number of nitrogens with zero attached hydrogens (tertiary/aromatic N) is 2. The Bertz CT molecular complexity index is 1080. The van der Waals surface area contributed by atoms with E-state index in [0.717, 1.165) is 42.7 Å². The highest BCUT2D eigenvalue weighted by Crippen LogP contribution is 2.36. The molecule has 3 heterocycles. The Hall–Kier alpha value is -2.16. The highest BCUT2D eigenvalue weighted by molar-refractivity contribution is 7.99. The van der Waals surface area contributed by atoms with Crippen LogP contribution in [0.4, 0.5) is 4.39 Å². The molecule has 0 spiro atoms. The minimum Gasteiger partial charge on any atom is -0.497 e. The van der Waals surface area contributed by atoms with E-state index in [9.17, 15) is 9.90 Å². The number of hydrogen-bond donors (Lipinski definition) is 1. The lowest BCUT2D eigenvalue weighted by molar-refractivity contribution is -0.139. The second kappa shape index (κ2) is 12.0. The number of methoxy groups -OCH3 is 1. The van der Waals surface area contributed by atoms with Crippen molar-refractivity contribution >= 4 is 40.0 Å². The third-order valence-electron chi connectivity index (χ3n) is 6.69. The summed E-state index contributed by atoms with van der Waals surface area (Å²) in [5, 5.41) is 14.5. The van der Waals surface area contributed by atoms with Crippen molar-refractivity contribution in [3.8, 4) is 5.75 Å². The minimum absolute atomic E-state index is 0.0545. The molecule has 0 aliphatic carbocycles. The number of rotatable bonds is 11. The van der Waals surface area contributed by atoms with Gasteiger partial charge in [-0.1, -0.05) is 0 Å². The number of ether oxygens (including phenoxy) is 1. The van der Waals surface area contributed by atoms with Crippen molar-refractivity contribution in [3.63, 3.8) is 0 Å². The maximum absolute atomic E-state index is 15.4. The molecule has 182 valence electrons. The Morgan fingerprint density at radius 2 is 2.24 bits per heavy atom. The normalized spacial score (nSPS) is 19.8. The molecule has 0 bridgehead atoms. The van der Waals surface area contributed by atoms with Crippen LogP contribution in [0.2, 0.25) is 0 Å². The van der Waals surface area contributed by atoms with Crippen LogP contribution in [-0.2, 0) is 4.79 Å². The van der Waals surface area contributed by atoms with E-state index >= 15 is 4.39 Å². The summed E-state index contributed by atoms with van der Waals surface area (Å²) in [7, 11) is 1.60. The van der Waals surface area contributed by atoms with Crippen molar-refractivity contribution in [2.24, 2.45) is 11.8 Å². The zero-order valence-corrected chi connectivity index (χ0v) is 21.0. The predicted octanol–water partition coefficient (Wildman–Crippen LogP) is 6.30. The van der Waals surface area contributed by atoms with Gasteiger partial charge in [-0.3, -0.25) is 9.78 Å². The quantitative estimate of drug-likeness (QED) is 0.311. The lowest BCUT2D eigenvalue weighted by Gasteiger charge is -2.38. The maximum atomic E-state index is 15.4. The molecule has 4 rings (SSSR count). The van der Waals surface area contributed by atoms with Crippen LogP contribution in [0, 0.1) is 11.8 Å². The number of piperidine rings is 1. The highest BCUT2D eigenvalue weighted by Gasteiger charge is 2.31. The number of halogens is 1. The van der Waals surface area contributed by atoms with Crippen molar-refractivity contribution in [2.45, 2.75) is 36.8 Å². The van der Waals surface area contributed by atoms with Gasteiger partial charge in [0, 0.05) is 47.1 Å². The maximum Gasteiger partial charge on any atom is 0.303 e. The third-order valence-corrected chi connectivity index (χ3v) is 8.50. The first kappa shape index (κ1) is 24.9. The largest absolute Gasteiger partial charge is 0.497 e. The number of hydrogen-bond acceptors (Lipinski definition) is 6. The summed E-state index contributed by atoms with van der Waals surface area (Å²) in [5.74, 6) is 1.18. The van der Waals surface area contributed by atoms with Gasteiger partial charge in [0.05, 0.1) is 12.6 Å². The molecule has 0 saturated carbocycles. The molecule has 1 aromatic carbocycles. The van der Waals surface area contributed by atoms with Gasteiger partial charge in [0.15, 0.2) is 0 Å². The number of likely N-dealkylation sites (tertiary alicyclic amines) is 1. The number of thioether (sulfide) groups is 1. The van der Waals surface area contributed by atoms with E-state index in [-0.39, 0.29) is 18.3 Å². The Morgan fingerprint density at radius 1 is 1.35 bits per heavy atom. The number of benzene rings is 1. The summed E-state index contributed by atoms with van der Waals surface area (Å²) in [6.07, 6.45) is 2.65. The van der Waals surface area contributed by atoms with Gasteiger partial charge in [0.2, 0.25) is 0 Å². The van der Waals surface area contributed by atoms with Gasteiger partial charge >= 0.3 is 5.97 Å². The fourth-order valence-electron chi connectivity index (χ4n) is 4.88. The standard InChI is InChI=1S/C26H31FN2O3S2/c1-32-20-3-5-25-23(15-20)22(6-9-28-25)24(27)4-2-18-7-10-29(16-19(18)14-26(30)31)11-13-34-21-8-12-33-17-21/h3,5-6,8-9,12,15,17-19,24H,2,4,7,10-11,13-14,16H2,1H3,(H,30,31)/t18-,19+,24+/m1/s1. The van der Waals surface area contributed by atoms with Gasteiger partial charge in [-0.05, 0) is 78.9 Å². The van der Waals surface area contributed by atoms with Crippen LogP contribution in [0.15, 0.2) is 52.2 Å². The lowest BCUT2D eigenvalue weighted by atomic mass is 9.79. The molecule has 0 amide bonds. The van der Waals surface area contributed by atoms with Crippen LogP contribution >= 0.6 is 23.1 Å². The number of carboxylic acids is 1. The number of aliphatic carboxylic acids is 1. The summed E-state index contributed by atoms with van der Waals surface area (Å²) in [4.78, 5) is 19.6. The molecule has 1 fully saturated rings. The summed E-state index contributed by atoms with van der Waals surface area (Å²) >= 11 is 3.54. The summed E-state index contributed by atoms with van der Waals surface area (Å²) in [6, 6.07) is 9.39. The van der Waals surface area contributed by atoms with Gasteiger partial charge < -0.3 is 14.7 Å². The molecule has 1 aliphatic rings. The van der Waals surface area contributed by atoms with E-state index < -0.39 is 12.1 Å². The monoisotopic (exact) mass is 502 g/mol. The smallest absolute Gasteiger partial charge is 0.303 e. The van der Waals surface area contributed by atoms with E-state index in [1.807, 2.05) is 30.0 Å². The van der Waals surface area contributed by atoms with E-state index in [1.165, 1.54) is 4.90 Å². The number of aromatic nitrogens is 1. The summed E-state index contributed by atoms with van der Waals surface area (Å²) < 4.78 is 20.7.